The lowest BCUT2D eigenvalue weighted by Gasteiger charge is -2.17. The molecule has 0 fully saturated rings. The number of hydrogen-bond acceptors (Lipinski definition) is 4. The summed E-state index contributed by atoms with van der Waals surface area (Å²) < 4.78 is 10.6. The van der Waals surface area contributed by atoms with Crippen LogP contribution in [-0.2, 0) is 11.3 Å². The second-order valence-corrected chi connectivity index (χ2v) is 5.73. The van der Waals surface area contributed by atoms with E-state index in [1.165, 1.54) is 6.26 Å². The van der Waals surface area contributed by atoms with Gasteiger partial charge in [0.15, 0.2) is 0 Å². The Labute approximate surface area is 140 Å². The van der Waals surface area contributed by atoms with Crippen LogP contribution in [0.5, 0.6) is 0 Å². The SMILES string of the molecule is Cc1cc(C(C)NC(=O)NC(C)C(=O)NCc2ccco2)c(C)o1. The maximum Gasteiger partial charge on any atom is 0.315 e. The molecule has 2 aromatic heterocycles. The molecule has 0 radical (unpaired) electrons. The van der Waals surface area contributed by atoms with Crippen LogP contribution in [0, 0.1) is 13.8 Å². The fourth-order valence-electron chi connectivity index (χ4n) is 2.40. The van der Waals surface area contributed by atoms with E-state index in [0.717, 1.165) is 17.1 Å². The number of carbonyl (C=O) groups is 2. The smallest absolute Gasteiger partial charge is 0.315 e. The van der Waals surface area contributed by atoms with Gasteiger partial charge < -0.3 is 24.8 Å². The van der Waals surface area contributed by atoms with Crippen molar-refractivity contribution in [2.24, 2.45) is 0 Å². The van der Waals surface area contributed by atoms with Gasteiger partial charge in [0.1, 0.15) is 23.3 Å². The zero-order valence-corrected chi connectivity index (χ0v) is 14.3. The van der Waals surface area contributed by atoms with Gasteiger partial charge in [0.05, 0.1) is 18.8 Å². The van der Waals surface area contributed by atoms with Crippen molar-refractivity contribution in [2.75, 3.05) is 0 Å². The molecule has 130 valence electrons. The lowest BCUT2D eigenvalue weighted by Crippen LogP contribution is -2.48. The van der Waals surface area contributed by atoms with Gasteiger partial charge in [-0.2, -0.15) is 0 Å². The second-order valence-electron chi connectivity index (χ2n) is 5.73. The van der Waals surface area contributed by atoms with Gasteiger partial charge in [0.25, 0.3) is 0 Å². The molecule has 0 spiro atoms. The third-order valence-electron chi connectivity index (χ3n) is 3.65. The zero-order chi connectivity index (χ0) is 17.7. The molecule has 2 unspecified atom stereocenters. The third-order valence-corrected chi connectivity index (χ3v) is 3.65. The van der Waals surface area contributed by atoms with E-state index in [9.17, 15) is 9.59 Å². The summed E-state index contributed by atoms with van der Waals surface area (Å²) in [5.74, 6) is 1.93. The number of nitrogens with one attached hydrogen (secondary N) is 3. The molecule has 0 aliphatic heterocycles. The maximum atomic E-state index is 12.0. The Morgan fingerprint density at radius 1 is 1.21 bits per heavy atom. The molecule has 24 heavy (non-hydrogen) atoms. The Kier molecular flexibility index (Phi) is 5.68. The van der Waals surface area contributed by atoms with Gasteiger partial charge >= 0.3 is 6.03 Å². The van der Waals surface area contributed by atoms with Crippen LogP contribution in [0.4, 0.5) is 4.79 Å². The molecule has 2 aromatic rings. The normalized spacial score (nSPS) is 13.2. The molecular formula is C17H23N3O4. The first-order valence-corrected chi connectivity index (χ1v) is 7.81. The van der Waals surface area contributed by atoms with Crippen LogP contribution in [0.1, 0.15) is 42.7 Å². The van der Waals surface area contributed by atoms with Gasteiger partial charge in [0, 0.05) is 5.56 Å². The van der Waals surface area contributed by atoms with Crippen LogP contribution in [0.3, 0.4) is 0 Å². The molecule has 3 amide bonds. The maximum absolute atomic E-state index is 12.0. The fourth-order valence-corrected chi connectivity index (χ4v) is 2.40. The lowest BCUT2D eigenvalue weighted by atomic mass is 10.1. The van der Waals surface area contributed by atoms with Crippen LogP contribution in [0.2, 0.25) is 0 Å². The summed E-state index contributed by atoms with van der Waals surface area (Å²) in [5, 5.41) is 8.11. The third kappa shape index (κ3) is 4.65. The monoisotopic (exact) mass is 333 g/mol. The molecule has 0 bridgehead atoms. The highest BCUT2D eigenvalue weighted by atomic mass is 16.3. The average Bonchev–Trinajstić information content (AvgIpc) is 3.13. The van der Waals surface area contributed by atoms with Crippen molar-refractivity contribution in [2.45, 2.75) is 46.3 Å². The van der Waals surface area contributed by atoms with Crippen molar-refractivity contribution < 1.29 is 18.4 Å². The van der Waals surface area contributed by atoms with E-state index in [-0.39, 0.29) is 18.5 Å². The zero-order valence-electron chi connectivity index (χ0n) is 14.3. The number of carbonyl (C=O) groups excluding carboxylic acids is 2. The highest BCUT2D eigenvalue weighted by molar-refractivity contribution is 5.86. The quantitative estimate of drug-likeness (QED) is 0.757. The Bertz CT molecular complexity index is 691. The van der Waals surface area contributed by atoms with Crippen LogP contribution in [0.15, 0.2) is 33.3 Å². The fraction of sp³-hybridized carbons (Fsp3) is 0.412. The predicted octanol–water partition coefficient (Wildman–Crippen LogP) is 2.55. The minimum Gasteiger partial charge on any atom is -0.467 e. The van der Waals surface area contributed by atoms with Crippen molar-refractivity contribution in [3.8, 4) is 0 Å². The molecule has 7 heteroatoms. The molecule has 2 atom stereocenters. The van der Waals surface area contributed by atoms with Crippen molar-refractivity contribution in [1.82, 2.24) is 16.0 Å². The summed E-state index contributed by atoms with van der Waals surface area (Å²) in [6.07, 6.45) is 1.54. The van der Waals surface area contributed by atoms with E-state index in [0.29, 0.717) is 5.76 Å². The number of aryl methyl sites for hydroxylation is 2. The first kappa shape index (κ1) is 17.7. The highest BCUT2D eigenvalue weighted by Gasteiger charge is 2.19. The van der Waals surface area contributed by atoms with Crippen molar-refractivity contribution in [3.05, 3.63) is 47.3 Å². The Morgan fingerprint density at radius 3 is 2.54 bits per heavy atom. The number of rotatable bonds is 6. The van der Waals surface area contributed by atoms with Crippen LogP contribution >= 0.6 is 0 Å². The standard InChI is InChI=1S/C17H23N3O4/c1-10-8-15(13(4)24-10)11(2)19-17(22)20-12(3)16(21)18-9-14-6-5-7-23-14/h5-8,11-12H,9H2,1-4H3,(H,18,21)(H2,19,20,22). The first-order chi connectivity index (χ1) is 11.4. The van der Waals surface area contributed by atoms with Gasteiger partial charge in [0.2, 0.25) is 5.91 Å². The molecule has 0 saturated carbocycles. The van der Waals surface area contributed by atoms with Crippen LogP contribution < -0.4 is 16.0 Å². The number of furan rings is 2. The highest BCUT2D eigenvalue weighted by Crippen LogP contribution is 2.20. The Balaban J connectivity index is 1.80. The van der Waals surface area contributed by atoms with E-state index in [2.05, 4.69) is 16.0 Å². The molecule has 0 saturated heterocycles. The largest absolute Gasteiger partial charge is 0.467 e. The van der Waals surface area contributed by atoms with E-state index in [1.807, 2.05) is 26.8 Å². The van der Waals surface area contributed by atoms with Gasteiger partial charge in [-0.3, -0.25) is 4.79 Å². The molecule has 3 N–H and O–H groups in total. The average molecular weight is 333 g/mol. The topological polar surface area (TPSA) is 96.5 Å². The van der Waals surface area contributed by atoms with Crippen LogP contribution in [-0.4, -0.2) is 18.0 Å². The minimum absolute atomic E-state index is 0.221. The van der Waals surface area contributed by atoms with E-state index < -0.39 is 12.1 Å². The molecule has 0 aromatic carbocycles. The molecule has 7 nitrogen and oxygen atoms in total. The van der Waals surface area contributed by atoms with Gasteiger partial charge in [-0.15, -0.1) is 0 Å². The van der Waals surface area contributed by atoms with E-state index >= 15 is 0 Å². The molecule has 0 aliphatic carbocycles. The summed E-state index contributed by atoms with van der Waals surface area (Å²) in [4.78, 5) is 24.0. The van der Waals surface area contributed by atoms with Crippen LogP contribution in [0.25, 0.3) is 0 Å². The summed E-state index contributed by atoms with van der Waals surface area (Å²) in [6.45, 7) is 7.47. The second kappa shape index (κ2) is 7.72. The minimum atomic E-state index is -0.667. The number of hydrogen-bond donors (Lipinski definition) is 3. The first-order valence-electron chi connectivity index (χ1n) is 7.81. The molecule has 2 rings (SSSR count). The summed E-state index contributed by atoms with van der Waals surface area (Å²) in [6, 6.07) is 4.10. The Hall–Kier alpha value is -2.70. The van der Waals surface area contributed by atoms with E-state index in [1.54, 1.807) is 19.1 Å². The van der Waals surface area contributed by atoms with Crippen molar-refractivity contribution in [1.29, 1.82) is 0 Å². The number of urea groups is 1. The molecular weight excluding hydrogens is 310 g/mol. The summed E-state index contributed by atoms with van der Waals surface area (Å²) in [5.41, 5.74) is 0.914. The van der Waals surface area contributed by atoms with E-state index in [4.69, 9.17) is 8.83 Å². The van der Waals surface area contributed by atoms with Crippen molar-refractivity contribution in [3.63, 3.8) is 0 Å². The molecule has 0 aliphatic rings. The Morgan fingerprint density at radius 2 is 1.96 bits per heavy atom. The molecule has 2 heterocycles. The summed E-state index contributed by atoms with van der Waals surface area (Å²) in [7, 11) is 0. The van der Waals surface area contributed by atoms with Gasteiger partial charge in [-0.1, -0.05) is 0 Å². The van der Waals surface area contributed by atoms with Gasteiger partial charge in [-0.05, 0) is 45.9 Å². The predicted molar refractivity (Wildman–Crippen MR) is 88.3 cm³/mol. The van der Waals surface area contributed by atoms with Crippen molar-refractivity contribution >= 4 is 11.9 Å². The van der Waals surface area contributed by atoms with Gasteiger partial charge in [-0.25, -0.2) is 4.79 Å². The number of amides is 3. The summed E-state index contributed by atoms with van der Waals surface area (Å²) >= 11 is 0. The lowest BCUT2D eigenvalue weighted by molar-refractivity contribution is -0.122.